The van der Waals surface area contributed by atoms with Gasteiger partial charge >= 0.3 is 5.97 Å². The number of methoxy groups -OCH3 is 2. The van der Waals surface area contributed by atoms with E-state index in [1.165, 1.54) is 33.3 Å². The predicted octanol–water partition coefficient (Wildman–Crippen LogP) is 1.38. The Balaban J connectivity index is 3.15. The summed E-state index contributed by atoms with van der Waals surface area (Å²) in [6, 6.07) is 2.72. The lowest BCUT2D eigenvalue weighted by Crippen LogP contribution is -2.12. The van der Waals surface area contributed by atoms with E-state index in [-0.39, 0.29) is 29.5 Å². The molecule has 2 N–H and O–H groups in total. The van der Waals surface area contributed by atoms with Crippen molar-refractivity contribution in [1.29, 1.82) is 0 Å². The van der Waals surface area contributed by atoms with Crippen LogP contribution < -0.4 is 14.8 Å². The Kier molecular flexibility index (Phi) is 5.79. The maximum Gasteiger partial charge on any atom is 0.337 e. The van der Waals surface area contributed by atoms with Crippen molar-refractivity contribution in [3.63, 3.8) is 0 Å². The lowest BCUT2D eigenvalue weighted by Gasteiger charge is -2.14. The summed E-state index contributed by atoms with van der Waals surface area (Å²) in [4.78, 5) is 22.3. The van der Waals surface area contributed by atoms with Gasteiger partial charge in [-0.15, -0.1) is 0 Å². The van der Waals surface area contributed by atoms with Gasteiger partial charge in [0.1, 0.15) is 6.61 Å². The van der Waals surface area contributed by atoms with Gasteiger partial charge in [-0.05, 0) is 0 Å². The lowest BCUT2D eigenvalue weighted by molar-refractivity contribution is -0.114. The van der Waals surface area contributed by atoms with E-state index in [2.05, 4.69) is 5.32 Å². The van der Waals surface area contributed by atoms with E-state index in [9.17, 15) is 9.59 Å². The van der Waals surface area contributed by atoms with Gasteiger partial charge in [-0.2, -0.15) is 0 Å². The van der Waals surface area contributed by atoms with Gasteiger partial charge in [-0.1, -0.05) is 0 Å². The zero-order valence-corrected chi connectivity index (χ0v) is 11.6. The summed E-state index contributed by atoms with van der Waals surface area (Å²) >= 11 is 0. The molecule has 0 unspecified atom stereocenters. The topological polar surface area (TPSA) is 94.1 Å². The van der Waals surface area contributed by atoms with Crippen LogP contribution in [0.15, 0.2) is 12.1 Å². The van der Waals surface area contributed by atoms with Crippen LogP contribution in [-0.2, 0) is 9.53 Å². The zero-order chi connectivity index (χ0) is 15.1. The highest BCUT2D eigenvalue weighted by molar-refractivity contribution is 6.00. The molecule has 1 aromatic carbocycles. The van der Waals surface area contributed by atoms with Crippen LogP contribution in [0.4, 0.5) is 5.69 Å². The summed E-state index contributed by atoms with van der Waals surface area (Å²) in [5.41, 5.74) is 0.0781. The van der Waals surface area contributed by atoms with Crippen molar-refractivity contribution in [2.75, 3.05) is 32.8 Å². The molecule has 7 heteroatoms. The first-order valence-corrected chi connectivity index (χ1v) is 5.84. The normalized spacial score (nSPS) is 9.95. The minimum atomic E-state index is -1.17. The lowest BCUT2D eigenvalue weighted by atomic mass is 10.1. The molecule has 0 spiro atoms. The maximum absolute atomic E-state index is 11.2. The fourth-order valence-electron chi connectivity index (χ4n) is 1.54. The highest BCUT2D eigenvalue weighted by atomic mass is 16.5. The van der Waals surface area contributed by atoms with Crippen LogP contribution in [-0.4, -0.2) is 44.4 Å². The Morgan fingerprint density at radius 1 is 1.20 bits per heavy atom. The molecule has 0 aliphatic heterocycles. The molecule has 20 heavy (non-hydrogen) atoms. The van der Waals surface area contributed by atoms with E-state index in [1.807, 2.05) is 0 Å². The molecule has 0 saturated heterocycles. The van der Waals surface area contributed by atoms with E-state index >= 15 is 0 Å². The average Bonchev–Trinajstić information content (AvgIpc) is 2.38. The first kappa shape index (κ1) is 15.8. The van der Waals surface area contributed by atoms with Crippen LogP contribution in [0.3, 0.4) is 0 Å². The molecule has 0 fully saturated rings. The molecule has 0 saturated carbocycles. The number of carbonyl (C=O) groups excluding carboxylic acids is 1. The van der Waals surface area contributed by atoms with Gasteiger partial charge in [0.2, 0.25) is 5.91 Å². The Morgan fingerprint density at radius 3 is 2.40 bits per heavy atom. The smallest absolute Gasteiger partial charge is 0.337 e. The first-order valence-electron chi connectivity index (χ1n) is 5.84. The molecule has 0 radical (unpaired) electrons. The molecule has 0 aliphatic carbocycles. The van der Waals surface area contributed by atoms with Gasteiger partial charge < -0.3 is 24.6 Å². The van der Waals surface area contributed by atoms with Gasteiger partial charge in [0.25, 0.3) is 0 Å². The van der Waals surface area contributed by atoms with Crippen LogP contribution in [0, 0.1) is 0 Å². The summed E-state index contributed by atoms with van der Waals surface area (Å²) in [5.74, 6) is -0.943. The van der Waals surface area contributed by atoms with Crippen molar-refractivity contribution in [3.05, 3.63) is 17.7 Å². The number of amides is 1. The Bertz CT molecular complexity index is 500. The Hall–Kier alpha value is -2.28. The molecule has 0 bridgehead atoms. The Labute approximate surface area is 116 Å². The van der Waals surface area contributed by atoms with Crippen LogP contribution in [0.1, 0.15) is 17.3 Å². The van der Waals surface area contributed by atoms with Gasteiger partial charge in [-0.3, -0.25) is 4.79 Å². The van der Waals surface area contributed by atoms with Crippen molar-refractivity contribution < 1.29 is 28.9 Å². The van der Waals surface area contributed by atoms with Gasteiger partial charge in [0.15, 0.2) is 11.5 Å². The molecule has 7 nitrogen and oxygen atoms in total. The number of carboxylic acids is 1. The molecule has 0 aliphatic rings. The molecule has 0 heterocycles. The third kappa shape index (κ3) is 4.13. The van der Waals surface area contributed by atoms with E-state index in [0.717, 1.165) is 0 Å². The number of hydrogen-bond acceptors (Lipinski definition) is 5. The highest BCUT2D eigenvalue weighted by Gasteiger charge is 2.17. The molecule has 1 rings (SSSR count). The number of ether oxygens (including phenoxy) is 3. The number of anilines is 1. The third-order valence-corrected chi connectivity index (χ3v) is 2.39. The largest absolute Gasteiger partial charge is 0.493 e. The Morgan fingerprint density at radius 2 is 1.90 bits per heavy atom. The molecular weight excluding hydrogens is 266 g/mol. The van der Waals surface area contributed by atoms with Crippen LogP contribution in [0.2, 0.25) is 0 Å². The fraction of sp³-hybridized carbons (Fsp3) is 0.385. The first-order chi connectivity index (χ1) is 9.49. The number of aromatic carboxylic acids is 1. The summed E-state index contributed by atoms with van der Waals surface area (Å²) in [7, 11) is 2.94. The number of nitrogens with one attached hydrogen (secondary N) is 1. The number of carbonyl (C=O) groups is 2. The number of hydrogen-bond donors (Lipinski definition) is 2. The molecule has 0 aromatic heterocycles. The monoisotopic (exact) mass is 283 g/mol. The number of carboxylic acid groups (broad SMARTS) is 1. The fourth-order valence-corrected chi connectivity index (χ4v) is 1.54. The number of rotatable bonds is 7. The van der Waals surface area contributed by atoms with Crippen molar-refractivity contribution >= 4 is 17.6 Å². The molecule has 1 amide bonds. The van der Waals surface area contributed by atoms with Crippen molar-refractivity contribution in [1.82, 2.24) is 0 Å². The van der Waals surface area contributed by atoms with Gasteiger partial charge in [0.05, 0.1) is 25.0 Å². The predicted molar refractivity (Wildman–Crippen MR) is 71.6 cm³/mol. The van der Waals surface area contributed by atoms with E-state index in [4.69, 9.17) is 19.3 Å². The third-order valence-electron chi connectivity index (χ3n) is 2.39. The van der Waals surface area contributed by atoms with Crippen molar-refractivity contribution in [2.45, 2.75) is 6.92 Å². The highest BCUT2D eigenvalue weighted by Crippen LogP contribution is 2.33. The summed E-state index contributed by atoms with van der Waals surface area (Å²) in [6.07, 6.45) is 0. The van der Waals surface area contributed by atoms with Gasteiger partial charge in [-0.25, -0.2) is 4.79 Å². The van der Waals surface area contributed by atoms with E-state index < -0.39 is 5.97 Å². The van der Waals surface area contributed by atoms with Gasteiger partial charge in [0, 0.05) is 26.2 Å². The molecule has 1 aromatic rings. The molecular formula is C13H17NO6. The number of benzene rings is 1. The van der Waals surface area contributed by atoms with Crippen LogP contribution >= 0.6 is 0 Å². The maximum atomic E-state index is 11.2. The standard InChI is InChI=1S/C13H17NO6/c1-8(15)14-10-7-12(20-5-4-18-2)11(19-3)6-9(10)13(16)17/h6-7H,4-5H2,1-3H3,(H,14,15)(H,16,17). The van der Waals surface area contributed by atoms with E-state index in [1.54, 1.807) is 0 Å². The second kappa shape index (κ2) is 7.34. The minimum absolute atomic E-state index is 0.0730. The van der Waals surface area contributed by atoms with Crippen LogP contribution in [0.5, 0.6) is 11.5 Å². The second-order valence-corrected chi connectivity index (χ2v) is 3.88. The van der Waals surface area contributed by atoms with Crippen molar-refractivity contribution in [2.24, 2.45) is 0 Å². The summed E-state index contributed by atoms with van der Waals surface area (Å²) < 4.78 is 15.4. The quantitative estimate of drug-likeness (QED) is 0.734. The summed E-state index contributed by atoms with van der Waals surface area (Å²) in [5, 5.41) is 11.6. The SMILES string of the molecule is COCCOc1cc(NC(C)=O)c(C(=O)O)cc1OC. The zero-order valence-electron chi connectivity index (χ0n) is 11.6. The molecule has 0 atom stereocenters. The molecule has 110 valence electrons. The summed E-state index contributed by atoms with van der Waals surface area (Å²) in [6.45, 7) is 1.94. The van der Waals surface area contributed by atoms with Crippen molar-refractivity contribution in [3.8, 4) is 11.5 Å². The average molecular weight is 283 g/mol. The minimum Gasteiger partial charge on any atom is -0.493 e. The van der Waals surface area contributed by atoms with E-state index in [0.29, 0.717) is 12.4 Å². The second-order valence-electron chi connectivity index (χ2n) is 3.88. The van der Waals surface area contributed by atoms with Crippen LogP contribution in [0.25, 0.3) is 0 Å².